The van der Waals surface area contributed by atoms with Gasteiger partial charge in [0, 0.05) is 18.3 Å². The van der Waals surface area contributed by atoms with Crippen LogP contribution in [0, 0.1) is 5.92 Å². The normalized spacial score (nSPS) is 23.5. The molecule has 1 aliphatic heterocycles. The molecule has 0 bridgehead atoms. The van der Waals surface area contributed by atoms with Crippen molar-refractivity contribution in [1.29, 1.82) is 0 Å². The minimum Gasteiger partial charge on any atom is -0.399 e. The Balaban J connectivity index is 2.13. The van der Waals surface area contributed by atoms with Crippen molar-refractivity contribution in [3.05, 3.63) is 29.8 Å². The van der Waals surface area contributed by atoms with E-state index in [-0.39, 0.29) is 0 Å². The molecule has 0 aromatic heterocycles. The molecule has 3 nitrogen and oxygen atoms in total. The zero-order chi connectivity index (χ0) is 11.5. The summed E-state index contributed by atoms with van der Waals surface area (Å²) in [6.45, 7) is 2.38. The lowest BCUT2D eigenvalue weighted by atomic mass is 9.92. The van der Waals surface area contributed by atoms with E-state index >= 15 is 0 Å². The van der Waals surface area contributed by atoms with Crippen LogP contribution >= 0.6 is 0 Å². The third-order valence-corrected chi connectivity index (χ3v) is 3.51. The number of nitrogens with two attached hydrogens (primary N) is 1. The van der Waals surface area contributed by atoms with Crippen molar-refractivity contribution in [2.45, 2.75) is 12.5 Å². The second-order valence-corrected chi connectivity index (χ2v) is 4.74. The molecule has 0 amide bonds. The highest BCUT2D eigenvalue weighted by Crippen LogP contribution is 2.29. The lowest BCUT2D eigenvalue weighted by molar-refractivity contribution is 0.351. The molecule has 2 atom stereocenters. The predicted octanol–water partition coefficient (Wildman–Crippen LogP) is 1.48. The molecule has 1 aromatic carbocycles. The number of nitrogen functional groups attached to an aromatic ring is 1. The second kappa shape index (κ2) is 4.85. The molecule has 2 rings (SSSR count). The zero-order valence-electron chi connectivity index (χ0n) is 10.1. The quantitative estimate of drug-likeness (QED) is 0.757. The van der Waals surface area contributed by atoms with Gasteiger partial charge in [0.15, 0.2) is 0 Å². The van der Waals surface area contributed by atoms with Crippen LogP contribution in [0.3, 0.4) is 0 Å². The van der Waals surface area contributed by atoms with Gasteiger partial charge < -0.3 is 16.0 Å². The highest BCUT2D eigenvalue weighted by molar-refractivity contribution is 5.40. The largest absolute Gasteiger partial charge is 0.399 e. The van der Waals surface area contributed by atoms with Crippen molar-refractivity contribution >= 4 is 5.69 Å². The van der Waals surface area contributed by atoms with E-state index in [9.17, 15) is 0 Å². The number of benzene rings is 1. The van der Waals surface area contributed by atoms with Gasteiger partial charge in [0.2, 0.25) is 0 Å². The summed E-state index contributed by atoms with van der Waals surface area (Å²) < 4.78 is 0. The number of likely N-dealkylation sites (tertiary alicyclic amines) is 1. The fraction of sp³-hybridized carbons (Fsp3) is 0.538. The molecule has 1 aromatic rings. The first kappa shape index (κ1) is 11.4. The van der Waals surface area contributed by atoms with Gasteiger partial charge in [-0.1, -0.05) is 12.1 Å². The Bertz CT molecular complexity index is 334. The first-order valence-corrected chi connectivity index (χ1v) is 5.92. The average Bonchev–Trinajstić information content (AvgIpc) is 2.69. The molecule has 0 aliphatic carbocycles. The van der Waals surface area contributed by atoms with Gasteiger partial charge in [0.25, 0.3) is 0 Å². The molecular weight excluding hydrogens is 198 g/mol. The highest BCUT2D eigenvalue weighted by atomic mass is 15.1. The minimum atomic E-state index is 0.450. The molecule has 88 valence electrons. The van der Waals surface area contributed by atoms with Crippen molar-refractivity contribution < 1.29 is 0 Å². The summed E-state index contributed by atoms with van der Waals surface area (Å²) >= 11 is 0. The SMILES string of the molecule is CNC(c1ccc(N)cc1)C1CCN(C)C1. The van der Waals surface area contributed by atoms with Crippen LogP contribution in [0.5, 0.6) is 0 Å². The fourth-order valence-electron chi connectivity index (χ4n) is 2.62. The summed E-state index contributed by atoms with van der Waals surface area (Å²) in [5.41, 5.74) is 7.89. The maximum Gasteiger partial charge on any atom is 0.0358 e. The molecule has 1 heterocycles. The van der Waals surface area contributed by atoms with E-state index < -0.39 is 0 Å². The Morgan fingerprint density at radius 2 is 2.06 bits per heavy atom. The molecule has 3 N–H and O–H groups in total. The molecule has 0 saturated carbocycles. The van der Waals surface area contributed by atoms with Gasteiger partial charge in [0.1, 0.15) is 0 Å². The van der Waals surface area contributed by atoms with E-state index in [0.29, 0.717) is 12.0 Å². The number of anilines is 1. The van der Waals surface area contributed by atoms with Crippen molar-refractivity contribution in [1.82, 2.24) is 10.2 Å². The zero-order valence-corrected chi connectivity index (χ0v) is 10.1. The molecule has 1 fully saturated rings. The smallest absolute Gasteiger partial charge is 0.0358 e. The van der Waals surface area contributed by atoms with Crippen LogP contribution in [0.15, 0.2) is 24.3 Å². The van der Waals surface area contributed by atoms with Gasteiger partial charge in [-0.15, -0.1) is 0 Å². The Labute approximate surface area is 97.6 Å². The number of rotatable bonds is 3. The summed E-state index contributed by atoms with van der Waals surface area (Å²) in [6, 6.07) is 8.69. The van der Waals surface area contributed by atoms with E-state index in [4.69, 9.17) is 5.73 Å². The Morgan fingerprint density at radius 3 is 2.56 bits per heavy atom. The summed E-state index contributed by atoms with van der Waals surface area (Å²) in [5.74, 6) is 0.707. The number of nitrogens with one attached hydrogen (secondary N) is 1. The van der Waals surface area contributed by atoms with E-state index in [1.54, 1.807) is 0 Å². The average molecular weight is 219 g/mol. The molecule has 0 radical (unpaired) electrons. The van der Waals surface area contributed by atoms with Crippen LogP contribution in [0.1, 0.15) is 18.0 Å². The van der Waals surface area contributed by atoms with E-state index in [1.807, 2.05) is 19.2 Å². The third-order valence-electron chi connectivity index (χ3n) is 3.51. The van der Waals surface area contributed by atoms with Gasteiger partial charge in [0.05, 0.1) is 0 Å². The second-order valence-electron chi connectivity index (χ2n) is 4.74. The molecule has 2 unspecified atom stereocenters. The number of hydrogen-bond acceptors (Lipinski definition) is 3. The van der Waals surface area contributed by atoms with Crippen LogP contribution in [-0.4, -0.2) is 32.1 Å². The molecule has 16 heavy (non-hydrogen) atoms. The number of nitrogens with zero attached hydrogens (tertiary/aromatic N) is 1. The molecule has 1 aliphatic rings. The van der Waals surface area contributed by atoms with Crippen molar-refractivity contribution in [2.75, 3.05) is 32.9 Å². The standard InChI is InChI=1S/C13H21N3/c1-15-13(11-7-8-16(2)9-11)10-3-5-12(14)6-4-10/h3-6,11,13,15H,7-9,14H2,1-2H3. The first-order valence-electron chi connectivity index (χ1n) is 5.92. The first-order chi connectivity index (χ1) is 7.70. The van der Waals surface area contributed by atoms with Crippen molar-refractivity contribution in [3.63, 3.8) is 0 Å². The van der Waals surface area contributed by atoms with Crippen LogP contribution in [0.25, 0.3) is 0 Å². The molecular formula is C13H21N3. The van der Waals surface area contributed by atoms with Crippen molar-refractivity contribution in [3.8, 4) is 0 Å². The van der Waals surface area contributed by atoms with Crippen molar-refractivity contribution in [2.24, 2.45) is 5.92 Å². The minimum absolute atomic E-state index is 0.450. The third kappa shape index (κ3) is 2.36. The van der Waals surface area contributed by atoms with Gasteiger partial charge in [-0.2, -0.15) is 0 Å². The topological polar surface area (TPSA) is 41.3 Å². The molecule has 1 saturated heterocycles. The predicted molar refractivity (Wildman–Crippen MR) is 68.3 cm³/mol. The Morgan fingerprint density at radius 1 is 1.38 bits per heavy atom. The van der Waals surface area contributed by atoms with E-state index in [2.05, 4.69) is 29.4 Å². The van der Waals surface area contributed by atoms with Crippen LogP contribution in [-0.2, 0) is 0 Å². The van der Waals surface area contributed by atoms with Crippen LogP contribution in [0.2, 0.25) is 0 Å². The van der Waals surface area contributed by atoms with Gasteiger partial charge >= 0.3 is 0 Å². The molecule has 0 spiro atoms. The summed E-state index contributed by atoms with van der Waals surface area (Å²) in [7, 11) is 4.23. The maximum absolute atomic E-state index is 5.72. The highest BCUT2D eigenvalue weighted by Gasteiger charge is 2.27. The fourth-order valence-corrected chi connectivity index (χ4v) is 2.62. The van der Waals surface area contributed by atoms with E-state index in [1.165, 1.54) is 25.1 Å². The van der Waals surface area contributed by atoms with Crippen LogP contribution < -0.4 is 11.1 Å². The lowest BCUT2D eigenvalue weighted by Crippen LogP contribution is -2.27. The van der Waals surface area contributed by atoms with E-state index in [0.717, 1.165) is 5.69 Å². The van der Waals surface area contributed by atoms with Gasteiger partial charge in [-0.3, -0.25) is 0 Å². The Kier molecular flexibility index (Phi) is 3.46. The summed E-state index contributed by atoms with van der Waals surface area (Å²) in [5, 5.41) is 3.43. The number of hydrogen-bond donors (Lipinski definition) is 2. The summed E-state index contributed by atoms with van der Waals surface area (Å²) in [6.07, 6.45) is 1.27. The lowest BCUT2D eigenvalue weighted by Gasteiger charge is -2.23. The summed E-state index contributed by atoms with van der Waals surface area (Å²) in [4.78, 5) is 2.40. The maximum atomic E-state index is 5.72. The Hall–Kier alpha value is -1.06. The monoisotopic (exact) mass is 219 g/mol. The van der Waals surface area contributed by atoms with Gasteiger partial charge in [-0.05, 0) is 50.7 Å². The van der Waals surface area contributed by atoms with Gasteiger partial charge in [-0.25, -0.2) is 0 Å². The molecule has 3 heteroatoms. The van der Waals surface area contributed by atoms with Crippen LogP contribution in [0.4, 0.5) is 5.69 Å².